The number of aldehydes is 1. The van der Waals surface area contributed by atoms with E-state index in [9.17, 15) is 9.18 Å². The fourth-order valence-electron chi connectivity index (χ4n) is 4.38. The maximum Gasteiger partial charge on any atom is 0.129 e. The van der Waals surface area contributed by atoms with Crippen LogP contribution in [0.1, 0.15) is 75.8 Å². The number of hydrogen-bond acceptors (Lipinski definition) is 4. The number of nitrogens with two attached hydrogens (primary N) is 1. The third-order valence-corrected chi connectivity index (χ3v) is 6.47. The Hall–Kier alpha value is -1.85. The van der Waals surface area contributed by atoms with E-state index in [1.54, 1.807) is 18.4 Å². The highest BCUT2D eigenvalue weighted by molar-refractivity contribution is 7.79. The zero-order valence-corrected chi connectivity index (χ0v) is 20.8. The van der Waals surface area contributed by atoms with Gasteiger partial charge in [-0.1, -0.05) is 24.6 Å². The third kappa shape index (κ3) is 5.93. The van der Waals surface area contributed by atoms with Gasteiger partial charge in [-0.3, -0.25) is 0 Å². The van der Waals surface area contributed by atoms with Crippen molar-refractivity contribution in [3.63, 3.8) is 0 Å². The van der Waals surface area contributed by atoms with E-state index in [1.807, 2.05) is 38.1 Å². The number of benzene rings is 2. The fraction of sp³-hybridized carbons (Fsp3) is 0.519. The smallest absolute Gasteiger partial charge is 0.129 e. The van der Waals surface area contributed by atoms with Crippen LogP contribution >= 0.6 is 12.6 Å². The lowest BCUT2D eigenvalue weighted by Gasteiger charge is -2.29. The summed E-state index contributed by atoms with van der Waals surface area (Å²) in [7, 11) is 1.50. The van der Waals surface area contributed by atoms with E-state index in [-0.39, 0.29) is 17.8 Å². The van der Waals surface area contributed by atoms with Gasteiger partial charge >= 0.3 is 0 Å². The van der Waals surface area contributed by atoms with Gasteiger partial charge in [0, 0.05) is 11.0 Å². The predicted octanol–water partition coefficient (Wildman–Crippen LogP) is 6.68. The van der Waals surface area contributed by atoms with E-state index in [0.717, 1.165) is 66.4 Å². The molecule has 32 heavy (non-hydrogen) atoms. The van der Waals surface area contributed by atoms with E-state index < -0.39 is 5.41 Å². The average molecular weight is 460 g/mol. The molecule has 5 heteroatoms. The summed E-state index contributed by atoms with van der Waals surface area (Å²) in [4.78, 5) is 11.6. The van der Waals surface area contributed by atoms with Crippen LogP contribution in [0.3, 0.4) is 0 Å². The lowest BCUT2D eigenvalue weighted by atomic mass is 9.76. The van der Waals surface area contributed by atoms with Gasteiger partial charge in [-0.15, -0.1) is 0 Å². The van der Waals surface area contributed by atoms with E-state index >= 15 is 0 Å². The molecule has 0 aromatic heterocycles. The van der Waals surface area contributed by atoms with Crippen LogP contribution in [0, 0.1) is 5.82 Å². The molecule has 0 bridgehead atoms. The van der Waals surface area contributed by atoms with Crippen LogP contribution in [-0.2, 0) is 10.2 Å². The van der Waals surface area contributed by atoms with Crippen molar-refractivity contribution in [3.05, 3.63) is 53.3 Å². The van der Waals surface area contributed by atoms with Gasteiger partial charge in [0.2, 0.25) is 0 Å². The first-order valence-electron chi connectivity index (χ1n) is 11.6. The summed E-state index contributed by atoms with van der Waals surface area (Å²) in [6.07, 6.45) is 10.7. The van der Waals surface area contributed by atoms with Crippen LogP contribution in [0.2, 0.25) is 0 Å². The second-order valence-corrected chi connectivity index (χ2v) is 8.90. The summed E-state index contributed by atoms with van der Waals surface area (Å²) in [6, 6.07) is 11.3. The SMILES string of the molecule is CC(C)(C=O)c1ccc(OC2CCCC2)c(-c2cccc(F)c2C2CCC2)c1.CN.CS. The molecule has 0 radical (unpaired) electrons. The maximum atomic E-state index is 14.8. The monoisotopic (exact) mass is 459 g/mol. The van der Waals surface area contributed by atoms with Crippen molar-refractivity contribution in [2.75, 3.05) is 13.3 Å². The van der Waals surface area contributed by atoms with Crippen molar-refractivity contribution in [3.8, 4) is 16.9 Å². The largest absolute Gasteiger partial charge is 0.490 e. The topological polar surface area (TPSA) is 52.3 Å². The standard InChI is InChI=1S/C25H29FO2.CH5N.CH4S/c1-25(2,16-27)18-13-14-23(28-19-9-3-4-10-19)21(15-18)20-11-6-12-22(26)24(20)17-7-5-8-17;2*1-2/h6,11-17,19H,3-5,7-10H2,1-2H3;2H2,1H3;2H,1H3. The summed E-state index contributed by atoms with van der Waals surface area (Å²) in [5, 5.41) is 0. The van der Waals surface area contributed by atoms with Gasteiger partial charge in [0.1, 0.15) is 17.9 Å². The number of hydrogen-bond donors (Lipinski definition) is 2. The lowest BCUT2D eigenvalue weighted by molar-refractivity contribution is -0.111. The Kier molecular flexibility index (Phi) is 10.2. The Morgan fingerprint density at radius 3 is 2.22 bits per heavy atom. The van der Waals surface area contributed by atoms with Crippen molar-refractivity contribution in [1.29, 1.82) is 0 Å². The normalized spacial score (nSPS) is 16.2. The van der Waals surface area contributed by atoms with Gasteiger partial charge in [-0.25, -0.2) is 4.39 Å². The molecule has 4 rings (SSSR count). The molecule has 0 atom stereocenters. The molecule has 176 valence electrons. The minimum atomic E-state index is -0.593. The molecule has 2 saturated carbocycles. The molecule has 3 nitrogen and oxygen atoms in total. The Labute approximate surface area is 198 Å². The number of ether oxygens (including phenoxy) is 1. The number of carbonyl (C=O) groups is 1. The fourth-order valence-corrected chi connectivity index (χ4v) is 4.38. The molecule has 2 aromatic rings. The third-order valence-electron chi connectivity index (χ3n) is 6.47. The highest BCUT2D eigenvalue weighted by atomic mass is 32.1. The summed E-state index contributed by atoms with van der Waals surface area (Å²) in [5.41, 5.74) is 7.48. The zero-order valence-electron chi connectivity index (χ0n) is 19.9. The van der Waals surface area contributed by atoms with E-state index in [0.29, 0.717) is 0 Å². The number of thiol groups is 1. The van der Waals surface area contributed by atoms with Gasteiger partial charge in [0.05, 0.1) is 6.10 Å². The van der Waals surface area contributed by atoms with Crippen molar-refractivity contribution in [1.82, 2.24) is 0 Å². The Balaban J connectivity index is 0.000000860. The van der Waals surface area contributed by atoms with Gasteiger partial charge < -0.3 is 15.3 Å². The molecular weight excluding hydrogens is 421 g/mol. The quantitative estimate of drug-likeness (QED) is 0.374. The molecule has 2 N–H and O–H groups in total. The van der Waals surface area contributed by atoms with Gasteiger partial charge in [0.25, 0.3) is 0 Å². The number of carbonyl (C=O) groups excluding carboxylic acids is 1. The van der Waals surface area contributed by atoms with E-state index in [2.05, 4.69) is 18.4 Å². The second kappa shape index (κ2) is 12.4. The Morgan fingerprint density at radius 1 is 1.00 bits per heavy atom. The highest BCUT2D eigenvalue weighted by Crippen LogP contribution is 2.45. The van der Waals surface area contributed by atoms with Gasteiger partial charge in [-0.2, -0.15) is 12.6 Å². The highest BCUT2D eigenvalue weighted by Gasteiger charge is 2.29. The Morgan fingerprint density at radius 2 is 1.66 bits per heavy atom. The summed E-state index contributed by atoms with van der Waals surface area (Å²) >= 11 is 3.53. The van der Waals surface area contributed by atoms with Crippen molar-refractivity contribution in [2.24, 2.45) is 5.73 Å². The second-order valence-electron chi connectivity index (χ2n) is 8.90. The van der Waals surface area contributed by atoms with Crippen molar-refractivity contribution in [2.45, 2.75) is 76.2 Å². The Bertz CT molecular complexity index is 874. The van der Waals surface area contributed by atoms with Crippen LogP contribution < -0.4 is 10.5 Å². The summed E-state index contributed by atoms with van der Waals surface area (Å²) in [6.45, 7) is 3.82. The molecular formula is C27H38FNO2S. The van der Waals surface area contributed by atoms with Crippen LogP contribution in [0.25, 0.3) is 11.1 Å². The molecule has 2 aromatic carbocycles. The summed E-state index contributed by atoms with van der Waals surface area (Å²) in [5.74, 6) is 0.954. The van der Waals surface area contributed by atoms with Crippen molar-refractivity contribution >= 4 is 18.9 Å². The van der Waals surface area contributed by atoms with Crippen molar-refractivity contribution < 1.29 is 13.9 Å². The molecule has 2 aliphatic rings. The molecule has 0 aliphatic heterocycles. The first-order valence-corrected chi connectivity index (χ1v) is 12.5. The first-order chi connectivity index (χ1) is 15.5. The van der Waals surface area contributed by atoms with Gasteiger partial charge in [0.15, 0.2) is 0 Å². The first kappa shape index (κ1) is 26.4. The van der Waals surface area contributed by atoms with Crippen LogP contribution in [0.4, 0.5) is 4.39 Å². The van der Waals surface area contributed by atoms with Crippen LogP contribution in [0.5, 0.6) is 5.75 Å². The van der Waals surface area contributed by atoms with E-state index in [1.165, 1.54) is 19.9 Å². The summed E-state index contributed by atoms with van der Waals surface area (Å²) < 4.78 is 21.2. The van der Waals surface area contributed by atoms with Gasteiger partial charge in [-0.05, 0) is 106 Å². The van der Waals surface area contributed by atoms with E-state index in [4.69, 9.17) is 4.74 Å². The molecule has 2 fully saturated rings. The number of rotatable bonds is 6. The molecule has 0 unspecified atom stereocenters. The zero-order chi connectivity index (χ0) is 23.7. The molecule has 0 saturated heterocycles. The maximum absolute atomic E-state index is 14.8. The van der Waals surface area contributed by atoms with Crippen LogP contribution in [-0.4, -0.2) is 25.7 Å². The molecule has 0 amide bonds. The molecule has 2 aliphatic carbocycles. The number of halogens is 1. The average Bonchev–Trinajstić information content (AvgIpc) is 3.30. The van der Waals surface area contributed by atoms with Crippen LogP contribution in [0.15, 0.2) is 36.4 Å². The molecule has 0 heterocycles. The lowest BCUT2D eigenvalue weighted by Crippen LogP contribution is -2.19. The molecule has 0 spiro atoms. The minimum Gasteiger partial charge on any atom is -0.490 e. The predicted molar refractivity (Wildman–Crippen MR) is 135 cm³/mol. The minimum absolute atomic E-state index is 0.130.